The van der Waals surface area contributed by atoms with E-state index >= 15 is 0 Å². The second-order valence-corrected chi connectivity index (χ2v) is 8.35. The van der Waals surface area contributed by atoms with E-state index in [2.05, 4.69) is 38.1 Å². The highest BCUT2D eigenvalue weighted by atomic mass is 35.5. The quantitative estimate of drug-likeness (QED) is 0.718. The minimum atomic E-state index is -0.0491. The smallest absolute Gasteiger partial charge is 0.226 e. The van der Waals surface area contributed by atoms with Gasteiger partial charge in [-0.3, -0.25) is 4.79 Å². The maximum Gasteiger partial charge on any atom is 0.226 e. The number of hydrogen-bond acceptors (Lipinski definition) is 3. The van der Waals surface area contributed by atoms with Crippen molar-refractivity contribution in [2.24, 2.45) is 17.1 Å². The van der Waals surface area contributed by atoms with E-state index < -0.39 is 0 Å². The number of rotatable bonds is 8. The Bertz CT molecular complexity index is 762. The van der Waals surface area contributed by atoms with Crippen LogP contribution in [-0.2, 0) is 11.4 Å². The third-order valence-corrected chi connectivity index (χ3v) is 5.26. The van der Waals surface area contributed by atoms with Gasteiger partial charge in [-0.05, 0) is 47.6 Å². The summed E-state index contributed by atoms with van der Waals surface area (Å²) in [5.74, 6) is 1.50. The van der Waals surface area contributed by atoms with Gasteiger partial charge in [0.1, 0.15) is 12.4 Å². The fourth-order valence-corrected chi connectivity index (χ4v) is 3.46. The third kappa shape index (κ3) is 5.73. The molecule has 4 nitrogen and oxygen atoms in total. The molecule has 5 heteroatoms. The fraction of sp³-hybridized carbons (Fsp3) is 0.435. The lowest BCUT2D eigenvalue weighted by molar-refractivity contribution is -0.132. The molecular weight excluding hydrogens is 372 g/mol. The molecule has 1 fully saturated rings. The molecule has 0 radical (unpaired) electrons. The van der Waals surface area contributed by atoms with Crippen molar-refractivity contribution in [3.05, 3.63) is 65.7 Å². The zero-order valence-corrected chi connectivity index (χ0v) is 17.7. The molecule has 0 heterocycles. The summed E-state index contributed by atoms with van der Waals surface area (Å²) in [6.45, 7) is 6.01. The van der Waals surface area contributed by atoms with E-state index in [1.807, 2.05) is 42.3 Å². The first-order valence-corrected chi connectivity index (χ1v) is 9.61. The summed E-state index contributed by atoms with van der Waals surface area (Å²) in [5, 5.41) is 0. The van der Waals surface area contributed by atoms with E-state index in [9.17, 15) is 4.79 Å². The Balaban J connectivity index is 0.00000280. The summed E-state index contributed by atoms with van der Waals surface area (Å²) in [5.41, 5.74) is 8.11. The topological polar surface area (TPSA) is 55.6 Å². The Morgan fingerprint density at radius 2 is 1.79 bits per heavy atom. The van der Waals surface area contributed by atoms with Gasteiger partial charge in [-0.15, -0.1) is 12.4 Å². The highest BCUT2D eigenvalue weighted by Gasteiger charge is 2.45. The summed E-state index contributed by atoms with van der Waals surface area (Å²) in [4.78, 5) is 14.5. The minimum Gasteiger partial charge on any atom is -0.489 e. The van der Waals surface area contributed by atoms with Crippen molar-refractivity contribution in [1.82, 2.24) is 4.90 Å². The number of amides is 1. The lowest BCUT2D eigenvalue weighted by atomic mass is 9.93. The van der Waals surface area contributed by atoms with E-state index in [0.717, 1.165) is 17.7 Å². The van der Waals surface area contributed by atoms with Crippen LogP contribution in [0.15, 0.2) is 54.6 Å². The van der Waals surface area contributed by atoms with E-state index in [1.165, 1.54) is 5.56 Å². The monoisotopic (exact) mass is 402 g/mol. The maximum absolute atomic E-state index is 12.7. The number of carbonyl (C=O) groups is 1. The third-order valence-electron chi connectivity index (χ3n) is 5.26. The Morgan fingerprint density at radius 3 is 2.39 bits per heavy atom. The van der Waals surface area contributed by atoms with E-state index in [1.54, 1.807) is 0 Å². The van der Waals surface area contributed by atoms with Crippen molar-refractivity contribution in [2.45, 2.75) is 32.8 Å². The van der Waals surface area contributed by atoms with Gasteiger partial charge in [0, 0.05) is 19.5 Å². The maximum atomic E-state index is 12.7. The van der Waals surface area contributed by atoms with Crippen LogP contribution in [0.25, 0.3) is 0 Å². The number of benzene rings is 2. The lowest BCUT2D eigenvalue weighted by Gasteiger charge is -2.29. The molecule has 0 saturated heterocycles. The van der Waals surface area contributed by atoms with E-state index in [4.69, 9.17) is 10.5 Å². The Kier molecular flexibility index (Phi) is 7.50. The second-order valence-electron chi connectivity index (χ2n) is 8.35. The summed E-state index contributed by atoms with van der Waals surface area (Å²) >= 11 is 0. The molecule has 2 N–H and O–H groups in total. The van der Waals surface area contributed by atoms with Crippen LogP contribution in [0.1, 0.15) is 37.3 Å². The molecule has 1 saturated carbocycles. The number of nitrogens with two attached hydrogens (primary N) is 1. The molecule has 2 aromatic carbocycles. The van der Waals surface area contributed by atoms with Crippen molar-refractivity contribution in [2.75, 3.05) is 20.1 Å². The molecule has 1 aliphatic rings. The minimum absolute atomic E-state index is 0. The van der Waals surface area contributed by atoms with Gasteiger partial charge in [-0.25, -0.2) is 0 Å². The molecule has 2 unspecified atom stereocenters. The predicted molar refractivity (Wildman–Crippen MR) is 116 cm³/mol. The van der Waals surface area contributed by atoms with Crippen LogP contribution < -0.4 is 10.5 Å². The summed E-state index contributed by atoms with van der Waals surface area (Å²) in [7, 11) is 1.88. The highest BCUT2D eigenvalue weighted by Crippen LogP contribution is 2.48. The SMILES string of the molecule is CN(CC(C)(C)CN)C(=O)C1CC1c1ccc(OCc2ccccc2)cc1.Cl. The van der Waals surface area contributed by atoms with Gasteiger partial charge in [0.15, 0.2) is 0 Å². The summed E-state index contributed by atoms with van der Waals surface area (Å²) in [6, 6.07) is 18.3. The first-order valence-electron chi connectivity index (χ1n) is 9.61. The molecule has 0 aromatic heterocycles. The zero-order chi connectivity index (χ0) is 19.4. The van der Waals surface area contributed by atoms with Crippen LogP contribution in [0, 0.1) is 11.3 Å². The van der Waals surface area contributed by atoms with Gasteiger partial charge in [-0.1, -0.05) is 56.3 Å². The summed E-state index contributed by atoms with van der Waals surface area (Å²) in [6.07, 6.45) is 0.927. The molecule has 3 rings (SSSR count). The van der Waals surface area contributed by atoms with Gasteiger partial charge in [0.2, 0.25) is 5.91 Å². The fourth-order valence-electron chi connectivity index (χ4n) is 3.46. The van der Waals surface area contributed by atoms with Crippen LogP contribution in [0.5, 0.6) is 5.75 Å². The van der Waals surface area contributed by atoms with Crippen molar-refractivity contribution in [3.8, 4) is 5.75 Å². The van der Waals surface area contributed by atoms with Gasteiger partial charge in [0.05, 0.1) is 0 Å². The number of carbonyl (C=O) groups excluding carboxylic acids is 1. The first-order chi connectivity index (χ1) is 12.9. The van der Waals surface area contributed by atoms with E-state index in [0.29, 0.717) is 25.6 Å². The second kappa shape index (κ2) is 9.44. The summed E-state index contributed by atoms with van der Waals surface area (Å²) < 4.78 is 5.84. The van der Waals surface area contributed by atoms with Crippen molar-refractivity contribution >= 4 is 18.3 Å². The van der Waals surface area contributed by atoms with Crippen LogP contribution in [0.2, 0.25) is 0 Å². The molecule has 2 atom stereocenters. The Labute approximate surface area is 174 Å². The average molecular weight is 403 g/mol. The Morgan fingerprint density at radius 1 is 1.14 bits per heavy atom. The average Bonchev–Trinajstić information content (AvgIpc) is 3.47. The van der Waals surface area contributed by atoms with Gasteiger partial charge < -0.3 is 15.4 Å². The van der Waals surface area contributed by atoms with Gasteiger partial charge in [0.25, 0.3) is 0 Å². The lowest BCUT2D eigenvalue weighted by Crippen LogP contribution is -2.40. The number of ether oxygens (including phenoxy) is 1. The largest absolute Gasteiger partial charge is 0.489 e. The Hall–Kier alpha value is -2.04. The molecule has 0 bridgehead atoms. The number of nitrogens with zero attached hydrogens (tertiary/aromatic N) is 1. The van der Waals surface area contributed by atoms with Gasteiger partial charge in [-0.2, -0.15) is 0 Å². The van der Waals surface area contributed by atoms with Crippen LogP contribution >= 0.6 is 12.4 Å². The molecule has 28 heavy (non-hydrogen) atoms. The molecule has 2 aromatic rings. The zero-order valence-electron chi connectivity index (χ0n) is 16.9. The molecular formula is C23H31ClN2O2. The molecule has 1 aliphatic carbocycles. The predicted octanol–water partition coefficient (Wildman–Crippen LogP) is 4.23. The van der Waals surface area contributed by atoms with Gasteiger partial charge >= 0.3 is 0 Å². The molecule has 0 aliphatic heterocycles. The number of hydrogen-bond donors (Lipinski definition) is 1. The van der Waals surface area contributed by atoms with E-state index in [-0.39, 0.29) is 29.6 Å². The van der Waals surface area contributed by atoms with Crippen molar-refractivity contribution in [3.63, 3.8) is 0 Å². The molecule has 1 amide bonds. The number of halogens is 1. The first kappa shape index (κ1) is 22.3. The van der Waals surface area contributed by atoms with Crippen molar-refractivity contribution in [1.29, 1.82) is 0 Å². The standard InChI is InChI=1S/C23H30N2O2.ClH/c1-23(2,15-24)16-25(3)22(26)21-13-20(21)18-9-11-19(12-10-18)27-14-17-7-5-4-6-8-17;/h4-12,20-21H,13-16,24H2,1-3H3;1H. The molecule has 0 spiro atoms. The molecule has 152 valence electrons. The highest BCUT2D eigenvalue weighted by molar-refractivity contribution is 5.85. The van der Waals surface area contributed by atoms with Crippen LogP contribution in [-0.4, -0.2) is 30.9 Å². The van der Waals surface area contributed by atoms with Crippen molar-refractivity contribution < 1.29 is 9.53 Å². The van der Waals surface area contributed by atoms with Crippen LogP contribution in [0.3, 0.4) is 0 Å². The normalized spacial score (nSPS) is 18.1. The van der Waals surface area contributed by atoms with Crippen LogP contribution in [0.4, 0.5) is 0 Å².